The van der Waals surface area contributed by atoms with E-state index >= 15 is 0 Å². The summed E-state index contributed by atoms with van der Waals surface area (Å²) in [5, 5.41) is 8.99. The van der Waals surface area contributed by atoms with Gasteiger partial charge in [-0.2, -0.15) is 5.10 Å². The van der Waals surface area contributed by atoms with E-state index in [0.29, 0.717) is 39.7 Å². The van der Waals surface area contributed by atoms with Crippen LogP contribution in [0.5, 0.6) is 11.5 Å². The van der Waals surface area contributed by atoms with Gasteiger partial charge in [-0.15, -0.1) is 0 Å². The van der Waals surface area contributed by atoms with Crippen LogP contribution in [0.25, 0.3) is 0 Å². The zero-order valence-electron chi connectivity index (χ0n) is 19.8. The standard InChI is InChI=1S/C26H24N4O6/c1-16(29-30-25(33)24(32)28-21-11-9-20(10-12-21)27-17(2)31)18-7-13-22(14-8-18)36-26(34)19-5-4-6-23(15-19)35-3/h4-15H,1-3H3,(H,27,31)(H,28,32)(H,30,33)/b29-16+. The van der Waals surface area contributed by atoms with Gasteiger partial charge in [-0.3, -0.25) is 14.4 Å². The number of anilines is 2. The van der Waals surface area contributed by atoms with E-state index in [0.717, 1.165) is 0 Å². The monoisotopic (exact) mass is 488 g/mol. The van der Waals surface area contributed by atoms with Crippen LogP contribution in [0.2, 0.25) is 0 Å². The van der Waals surface area contributed by atoms with Crippen LogP contribution in [0, 0.1) is 0 Å². The maximum Gasteiger partial charge on any atom is 0.343 e. The molecular weight excluding hydrogens is 464 g/mol. The summed E-state index contributed by atoms with van der Waals surface area (Å²) in [6, 6.07) is 19.4. The summed E-state index contributed by atoms with van der Waals surface area (Å²) in [4.78, 5) is 47.6. The number of esters is 1. The number of carbonyl (C=O) groups is 4. The number of hydrogen-bond acceptors (Lipinski definition) is 7. The first-order chi connectivity index (χ1) is 17.2. The van der Waals surface area contributed by atoms with E-state index in [4.69, 9.17) is 9.47 Å². The lowest BCUT2D eigenvalue weighted by molar-refractivity contribution is -0.136. The molecule has 0 atom stereocenters. The summed E-state index contributed by atoms with van der Waals surface area (Å²) >= 11 is 0. The lowest BCUT2D eigenvalue weighted by Crippen LogP contribution is -2.32. The number of carbonyl (C=O) groups excluding carboxylic acids is 4. The van der Waals surface area contributed by atoms with E-state index in [1.165, 1.54) is 14.0 Å². The average Bonchev–Trinajstić information content (AvgIpc) is 2.88. The minimum Gasteiger partial charge on any atom is -0.497 e. The van der Waals surface area contributed by atoms with Crippen LogP contribution < -0.4 is 25.5 Å². The minimum absolute atomic E-state index is 0.219. The molecule has 3 aromatic rings. The SMILES string of the molecule is COc1cccc(C(=O)Oc2ccc(/C(C)=N/NC(=O)C(=O)Nc3ccc(NC(C)=O)cc3)cc2)c1. The molecule has 10 nitrogen and oxygen atoms in total. The Balaban J connectivity index is 1.54. The minimum atomic E-state index is -0.955. The molecule has 0 aliphatic heterocycles. The van der Waals surface area contributed by atoms with E-state index < -0.39 is 17.8 Å². The van der Waals surface area contributed by atoms with Crippen LogP contribution in [0.3, 0.4) is 0 Å². The number of benzene rings is 3. The van der Waals surface area contributed by atoms with Crippen molar-refractivity contribution in [3.8, 4) is 11.5 Å². The van der Waals surface area contributed by atoms with E-state index in [1.54, 1.807) is 79.7 Å². The fourth-order valence-electron chi connectivity index (χ4n) is 2.96. The maximum atomic E-state index is 12.3. The van der Waals surface area contributed by atoms with Crippen molar-refractivity contribution in [1.29, 1.82) is 0 Å². The third-order valence-corrected chi connectivity index (χ3v) is 4.78. The van der Waals surface area contributed by atoms with Crippen LogP contribution in [0.15, 0.2) is 77.9 Å². The summed E-state index contributed by atoms with van der Waals surface area (Å²) in [5.41, 5.74) is 4.56. The molecule has 3 aromatic carbocycles. The molecule has 0 fully saturated rings. The quantitative estimate of drug-likeness (QED) is 0.153. The molecule has 3 N–H and O–H groups in total. The topological polar surface area (TPSA) is 135 Å². The van der Waals surface area contributed by atoms with Crippen LogP contribution in [-0.2, 0) is 14.4 Å². The van der Waals surface area contributed by atoms with E-state index in [9.17, 15) is 19.2 Å². The fourth-order valence-corrected chi connectivity index (χ4v) is 2.96. The van der Waals surface area contributed by atoms with Gasteiger partial charge in [-0.05, 0) is 79.2 Å². The highest BCUT2D eigenvalue weighted by Gasteiger charge is 2.14. The number of rotatable bonds is 7. The molecule has 0 aliphatic carbocycles. The molecule has 184 valence electrons. The molecule has 10 heteroatoms. The third-order valence-electron chi connectivity index (χ3n) is 4.78. The average molecular weight is 489 g/mol. The number of ether oxygens (including phenoxy) is 2. The molecule has 3 rings (SSSR count). The van der Waals surface area contributed by atoms with Crippen LogP contribution in [-0.4, -0.2) is 36.5 Å². The third kappa shape index (κ3) is 7.26. The van der Waals surface area contributed by atoms with Crippen molar-refractivity contribution in [3.05, 3.63) is 83.9 Å². The molecule has 36 heavy (non-hydrogen) atoms. The molecule has 3 amide bonds. The van der Waals surface area contributed by atoms with Crippen LogP contribution in [0.1, 0.15) is 29.8 Å². The summed E-state index contributed by atoms with van der Waals surface area (Å²) < 4.78 is 10.5. The molecule has 0 saturated heterocycles. The molecule has 0 radical (unpaired) electrons. The van der Waals surface area contributed by atoms with Gasteiger partial charge in [0.1, 0.15) is 11.5 Å². The summed E-state index contributed by atoms with van der Waals surface area (Å²) in [7, 11) is 1.51. The van der Waals surface area contributed by atoms with Crippen molar-refractivity contribution in [1.82, 2.24) is 5.43 Å². The summed E-state index contributed by atoms with van der Waals surface area (Å²) in [6.45, 7) is 3.03. The Hall–Kier alpha value is -4.99. The van der Waals surface area contributed by atoms with Crippen LogP contribution in [0.4, 0.5) is 11.4 Å². The smallest absolute Gasteiger partial charge is 0.343 e. The first kappa shape index (κ1) is 25.6. The van der Waals surface area contributed by atoms with Crippen molar-refractivity contribution in [2.75, 3.05) is 17.7 Å². The van der Waals surface area contributed by atoms with Gasteiger partial charge in [-0.25, -0.2) is 10.2 Å². The predicted molar refractivity (Wildman–Crippen MR) is 134 cm³/mol. The molecule has 0 heterocycles. The van der Waals surface area contributed by atoms with Gasteiger partial charge in [0, 0.05) is 18.3 Å². The van der Waals surface area contributed by atoms with Gasteiger partial charge in [-0.1, -0.05) is 6.07 Å². The molecule has 0 spiro atoms. The van der Waals surface area contributed by atoms with Crippen molar-refractivity contribution < 1.29 is 28.7 Å². The van der Waals surface area contributed by atoms with Gasteiger partial charge >= 0.3 is 17.8 Å². The molecule has 0 saturated carbocycles. The first-order valence-electron chi connectivity index (χ1n) is 10.7. The highest BCUT2D eigenvalue weighted by Crippen LogP contribution is 2.18. The van der Waals surface area contributed by atoms with Crippen molar-refractivity contribution in [2.24, 2.45) is 5.10 Å². The second-order valence-electron chi connectivity index (χ2n) is 7.50. The molecule has 0 aromatic heterocycles. The zero-order chi connectivity index (χ0) is 26.1. The Labute approximate surface area is 207 Å². The number of methoxy groups -OCH3 is 1. The Kier molecular flexibility index (Phi) is 8.49. The molecular formula is C26H24N4O6. The van der Waals surface area contributed by atoms with Gasteiger partial charge in [0.25, 0.3) is 0 Å². The molecule has 0 aliphatic rings. The number of hydrogen-bond donors (Lipinski definition) is 3. The van der Waals surface area contributed by atoms with E-state index in [-0.39, 0.29) is 5.91 Å². The Morgan fingerprint density at radius 3 is 1.97 bits per heavy atom. The fraction of sp³-hybridized carbons (Fsp3) is 0.115. The largest absolute Gasteiger partial charge is 0.497 e. The first-order valence-corrected chi connectivity index (χ1v) is 10.7. The lowest BCUT2D eigenvalue weighted by Gasteiger charge is -2.08. The van der Waals surface area contributed by atoms with Gasteiger partial charge in [0.05, 0.1) is 18.4 Å². The second-order valence-corrected chi connectivity index (χ2v) is 7.50. The number of hydrazone groups is 1. The zero-order valence-corrected chi connectivity index (χ0v) is 19.8. The van der Waals surface area contributed by atoms with E-state index in [1.807, 2.05) is 0 Å². The molecule has 0 unspecified atom stereocenters. The van der Waals surface area contributed by atoms with Gasteiger partial charge in [0.2, 0.25) is 5.91 Å². The Morgan fingerprint density at radius 1 is 0.722 bits per heavy atom. The van der Waals surface area contributed by atoms with Gasteiger partial charge < -0.3 is 20.1 Å². The normalized spacial score (nSPS) is 10.7. The number of nitrogens with one attached hydrogen (secondary N) is 3. The van der Waals surface area contributed by atoms with Crippen molar-refractivity contribution in [3.63, 3.8) is 0 Å². The van der Waals surface area contributed by atoms with Crippen LogP contribution >= 0.6 is 0 Å². The summed E-state index contributed by atoms with van der Waals surface area (Å²) in [5.74, 6) is -1.74. The van der Waals surface area contributed by atoms with Crippen molar-refractivity contribution >= 4 is 40.8 Å². The second kappa shape index (κ2) is 11.9. The Morgan fingerprint density at radius 2 is 1.36 bits per heavy atom. The maximum absolute atomic E-state index is 12.3. The van der Waals surface area contributed by atoms with E-state index in [2.05, 4.69) is 21.2 Å². The highest BCUT2D eigenvalue weighted by atomic mass is 16.5. The highest BCUT2D eigenvalue weighted by molar-refractivity contribution is 6.39. The van der Waals surface area contributed by atoms with Gasteiger partial charge in [0.15, 0.2) is 0 Å². The Bertz CT molecular complexity index is 1300. The van der Waals surface area contributed by atoms with Crippen molar-refractivity contribution in [2.45, 2.75) is 13.8 Å². The summed E-state index contributed by atoms with van der Waals surface area (Å²) in [6.07, 6.45) is 0. The molecule has 0 bridgehead atoms. The lowest BCUT2D eigenvalue weighted by atomic mass is 10.1. The number of nitrogens with zero attached hydrogens (tertiary/aromatic N) is 1. The number of amides is 3. The predicted octanol–water partition coefficient (Wildman–Crippen LogP) is 3.35.